The van der Waals surface area contributed by atoms with Gasteiger partial charge in [-0.15, -0.1) is 0 Å². The minimum Gasteiger partial charge on any atom is -0.356 e. The maximum atomic E-state index is 9.53. The molecule has 144 valence electrons. The van der Waals surface area contributed by atoms with Gasteiger partial charge in [-0.3, -0.25) is 4.68 Å². The Morgan fingerprint density at radius 1 is 1.10 bits per heavy atom. The molecule has 0 bridgehead atoms. The van der Waals surface area contributed by atoms with E-state index in [2.05, 4.69) is 33.1 Å². The highest BCUT2D eigenvalue weighted by molar-refractivity contribution is 5.83. The van der Waals surface area contributed by atoms with Crippen molar-refractivity contribution in [1.29, 1.82) is 5.26 Å². The van der Waals surface area contributed by atoms with Gasteiger partial charge in [0.05, 0.1) is 30.0 Å². The Morgan fingerprint density at radius 2 is 2.00 bits per heavy atom. The molecule has 0 saturated carbocycles. The largest absolute Gasteiger partial charge is 0.356 e. The molecule has 0 radical (unpaired) electrons. The quantitative estimate of drug-likeness (QED) is 0.540. The van der Waals surface area contributed by atoms with E-state index in [9.17, 15) is 5.26 Å². The van der Waals surface area contributed by atoms with Crippen LogP contribution in [0.25, 0.3) is 28.0 Å². The van der Waals surface area contributed by atoms with E-state index in [4.69, 9.17) is 4.98 Å². The highest BCUT2D eigenvalue weighted by Crippen LogP contribution is 2.30. The van der Waals surface area contributed by atoms with E-state index in [1.54, 1.807) is 21.6 Å². The van der Waals surface area contributed by atoms with Crippen LogP contribution in [0.4, 0.5) is 5.82 Å². The van der Waals surface area contributed by atoms with Crippen LogP contribution in [-0.4, -0.2) is 42.5 Å². The van der Waals surface area contributed by atoms with Crippen LogP contribution in [0.2, 0.25) is 0 Å². The maximum absolute atomic E-state index is 9.53. The summed E-state index contributed by atoms with van der Waals surface area (Å²) in [4.78, 5) is 11.8. The number of anilines is 1. The molecule has 29 heavy (non-hydrogen) atoms. The summed E-state index contributed by atoms with van der Waals surface area (Å²) in [7, 11) is 1.87. The number of aromatic nitrogens is 6. The van der Waals surface area contributed by atoms with Gasteiger partial charge in [-0.1, -0.05) is 6.92 Å². The molecule has 0 unspecified atom stereocenters. The molecule has 1 atom stereocenters. The zero-order valence-corrected chi connectivity index (χ0v) is 16.3. The van der Waals surface area contributed by atoms with Crippen LogP contribution in [0, 0.1) is 17.2 Å². The molecule has 5 heterocycles. The van der Waals surface area contributed by atoms with Crippen molar-refractivity contribution in [1.82, 2.24) is 29.4 Å². The fraction of sp³-hybridized carbons (Fsp3) is 0.286. The van der Waals surface area contributed by atoms with Gasteiger partial charge in [-0.2, -0.15) is 15.5 Å². The number of nitriles is 1. The van der Waals surface area contributed by atoms with E-state index < -0.39 is 0 Å². The SMILES string of the molecule is C[C@@H]1CCN(c2ccc(-c3nc(-c4cnn(C)c4)cn4ncc(C#N)c34)cn2)C1. The summed E-state index contributed by atoms with van der Waals surface area (Å²) in [5, 5.41) is 18.1. The molecule has 0 amide bonds. The van der Waals surface area contributed by atoms with Crippen molar-refractivity contribution in [3.05, 3.63) is 48.7 Å². The lowest BCUT2D eigenvalue weighted by molar-refractivity contribution is 0.659. The van der Waals surface area contributed by atoms with Crippen molar-refractivity contribution < 1.29 is 0 Å². The molecule has 5 rings (SSSR count). The number of fused-ring (bicyclic) bond motifs is 1. The summed E-state index contributed by atoms with van der Waals surface area (Å²) < 4.78 is 3.44. The van der Waals surface area contributed by atoms with Crippen molar-refractivity contribution in [2.24, 2.45) is 13.0 Å². The van der Waals surface area contributed by atoms with Gasteiger partial charge in [-0.25, -0.2) is 14.5 Å². The van der Waals surface area contributed by atoms with Gasteiger partial charge in [-0.05, 0) is 24.5 Å². The Bertz CT molecular complexity index is 1230. The Balaban J connectivity index is 1.63. The number of hydrogen-bond acceptors (Lipinski definition) is 6. The lowest BCUT2D eigenvalue weighted by Crippen LogP contribution is -2.20. The predicted octanol–water partition coefficient (Wildman–Crippen LogP) is 2.91. The Morgan fingerprint density at radius 3 is 2.66 bits per heavy atom. The molecule has 0 spiro atoms. The van der Waals surface area contributed by atoms with Gasteiger partial charge >= 0.3 is 0 Å². The summed E-state index contributed by atoms with van der Waals surface area (Å²) >= 11 is 0. The highest BCUT2D eigenvalue weighted by Gasteiger charge is 2.21. The molecule has 1 saturated heterocycles. The molecule has 4 aromatic rings. The standard InChI is InChI=1S/C21H20N8/c1-14-5-6-28(11-14)19-4-3-15(8-23-19)20-21-16(7-22)9-25-29(21)13-18(26-20)17-10-24-27(2)12-17/h3-4,8-10,12-14H,5-6,11H2,1-2H3/t14-/m1/s1. The van der Waals surface area contributed by atoms with Crippen LogP contribution < -0.4 is 4.90 Å². The van der Waals surface area contributed by atoms with Crippen LogP contribution in [0.15, 0.2) is 43.1 Å². The van der Waals surface area contributed by atoms with E-state index >= 15 is 0 Å². The van der Waals surface area contributed by atoms with Crippen LogP contribution in [0.3, 0.4) is 0 Å². The van der Waals surface area contributed by atoms with Gasteiger partial charge in [0.15, 0.2) is 0 Å². The first-order valence-corrected chi connectivity index (χ1v) is 9.61. The Labute approximate surface area is 168 Å². The minimum absolute atomic E-state index is 0.489. The van der Waals surface area contributed by atoms with E-state index in [1.807, 2.05) is 37.8 Å². The summed E-state index contributed by atoms with van der Waals surface area (Å²) in [6.07, 6.45) is 10.1. The summed E-state index contributed by atoms with van der Waals surface area (Å²) in [5.41, 5.74) is 4.35. The van der Waals surface area contributed by atoms with Crippen molar-refractivity contribution in [2.75, 3.05) is 18.0 Å². The third-order valence-corrected chi connectivity index (χ3v) is 5.39. The molecule has 4 aromatic heterocycles. The summed E-state index contributed by atoms with van der Waals surface area (Å²) in [6.45, 7) is 4.34. The Kier molecular flexibility index (Phi) is 4.02. The molecule has 0 N–H and O–H groups in total. The average molecular weight is 384 g/mol. The van der Waals surface area contributed by atoms with Crippen molar-refractivity contribution in [2.45, 2.75) is 13.3 Å². The Hall–Kier alpha value is -3.73. The second-order valence-electron chi connectivity index (χ2n) is 7.59. The lowest BCUT2D eigenvalue weighted by atomic mass is 10.1. The van der Waals surface area contributed by atoms with E-state index in [0.29, 0.717) is 22.7 Å². The van der Waals surface area contributed by atoms with E-state index in [0.717, 1.165) is 35.7 Å². The molecule has 1 fully saturated rings. The fourth-order valence-electron chi connectivity index (χ4n) is 3.85. The summed E-state index contributed by atoms with van der Waals surface area (Å²) in [5.74, 6) is 1.67. The van der Waals surface area contributed by atoms with Crippen molar-refractivity contribution in [3.63, 3.8) is 0 Å². The molecule has 0 aromatic carbocycles. The first-order valence-electron chi connectivity index (χ1n) is 9.61. The number of rotatable bonds is 3. The lowest BCUT2D eigenvalue weighted by Gasteiger charge is -2.17. The molecular weight excluding hydrogens is 364 g/mol. The normalized spacial score (nSPS) is 16.4. The number of hydrogen-bond donors (Lipinski definition) is 0. The van der Waals surface area contributed by atoms with Gasteiger partial charge in [0.25, 0.3) is 0 Å². The van der Waals surface area contributed by atoms with Gasteiger partial charge in [0, 0.05) is 43.7 Å². The van der Waals surface area contributed by atoms with Gasteiger partial charge in [0.2, 0.25) is 0 Å². The monoisotopic (exact) mass is 384 g/mol. The second kappa shape index (κ2) is 6.71. The zero-order chi connectivity index (χ0) is 20.0. The topological polar surface area (TPSA) is 87.9 Å². The average Bonchev–Trinajstić information content (AvgIpc) is 3.47. The predicted molar refractivity (Wildman–Crippen MR) is 109 cm³/mol. The first-order chi connectivity index (χ1) is 14.1. The summed E-state index contributed by atoms with van der Waals surface area (Å²) in [6, 6.07) is 6.27. The van der Waals surface area contributed by atoms with Crippen LogP contribution in [-0.2, 0) is 7.05 Å². The fourth-order valence-corrected chi connectivity index (χ4v) is 3.85. The molecule has 0 aliphatic carbocycles. The minimum atomic E-state index is 0.489. The molecule has 8 nitrogen and oxygen atoms in total. The third kappa shape index (κ3) is 3.01. The smallest absolute Gasteiger partial charge is 0.128 e. The number of pyridine rings is 1. The molecule has 1 aliphatic rings. The molecular formula is C21H20N8. The van der Waals surface area contributed by atoms with Crippen LogP contribution >= 0.6 is 0 Å². The molecule has 1 aliphatic heterocycles. The van der Waals surface area contributed by atoms with Crippen LogP contribution in [0.5, 0.6) is 0 Å². The second-order valence-corrected chi connectivity index (χ2v) is 7.59. The van der Waals surface area contributed by atoms with E-state index in [1.165, 1.54) is 6.42 Å². The van der Waals surface area contributed by atoms with E-state index in [-0.39, 0.29) is 0 Å². The van der Waals surface area contributed by atoms with Crippen LogP contribution in [0.1, 0.15) is 18.9 Å². The number of nitrogens with zero attached hydrogens (tertiary/aromatic N) is 8. The number of aryl methyl sites for hydroxylation is 1. The maximum Gasteiger partial charge on any atom is 0.128 e. The van der Waals surface area contributed by atoms with Crippen molar-refractivity contribution >= 4 is 11.3 Å². The van der Waals surface area contributed by atoms with Gasteiger partial charge in [0.1, 0.15) is 23.0 Å². The zero-order valence-electron chi connectivity index (χ0n) is 16.3. The third-order valence-electron chi connectivity index (χ3n) is 5.39. The highest BCUT2D eigenvalue weighted by atomic mass is 15.2. The molecule has 8 heteroatoms. The first kappa shape index (κ1) is 17.4. The van der Waals surface area contributed by atoms with Gasteiger partial charge < -0.3 is 4.90 Å². The van der Waals surface area contributed by atoms with Crippen molar-refractivity contribution in [3.8, 4) is 28.6 Å².